The Kier molecular flexibility index (Phi) is 6.22. The van der Waals surface area contributed by atoms with Crippen molar-refractivity contribution >= 4 is 23.4 Å². The first-order valence-corrected chi connectivity index (χ1v) is 9.97. The number of hydrogen-bond acceptors (Lipinski definition) is 4. The molecule has 0 amide bonds. The van der Waals surface area contributed by atoms with Crippen LogP contribution in [-0.4, -0.2) is 14.8 Å². The minimum absolute atomic E-state index is 0.171. The zero-order valence-corrected chi connectivity index (χ0v) is 16.7. The molecule has 0 saturated carbocycles. The van der Waals surface area contributed by atoms with Gasteiger partial charge in [-0.25, -0.2) is 0 Å². The summed E-state index contributed by atoms with van der Waals surface area (Å²) >= 11 is 7.61. The fraction of sp³-hybridized carbons (Fsp3) is 0.300. The number of rotatable bonds is 7. The van der Waals surface area contributed by atoms with Crippen LogP contribution in [0.5, 0.6) is 5.75 Å². The van der Waals surface area contributed by atoms with E-state index in [4.69, 9.17) is 16.3 Å². The van der Waals surface area contributed by atoms with E-state index in [0.29, 0.717) is 0 Å². The SMILES string of the molecule is CCn1c(SCc2ccc(Cl)cc2)nnc1C(C)Oc1ccc(C)cc1. The lowest BCUT2D eigenvalue weighted by atomic mass is 10.2. The van der Waals surface area contributed by atoms with Gasteiger partial charge in [-0.2, -0.15) is 0 Å². The molecule has 0 aliphatic heterocycles. The monoisotopic (exact) mass is 387 g/mol. The molecule has 26 heavy (non-hydrogen) atoms. The average Bonchev–Trinajstić information content (AvgIpc) is 3.06. The number of halogens is 1. The molecule has 1 heterocycles. The molecule has 4 nitrogen and oxygen atoms in total. The Morgan fingerprint density at radius 1 is 1.08 bits per heavy atom. The highest BCUT2D eigenvalue weighted by atomic mass is 35.5. The molecule has 136 valence electrons. The van der Waals surface area contributed by atoms with Crippen LogP contribution in [0.1, 0.15) is 36.9 Å². The Bertz CT molecular complexity index is 846. The van der Waals surface area contributed by atoms with Crippen molar-refractivity contribution in [2.75, 3.05) is 0 Å². The van der Waals surface area contributed by atoms with Crippen molar-refractivity contribution in [3.05, 3.63) is 70.5 Å². The van der Waals surface area contributed by atoms with Gasteiger partial charge in [0.2, 0.25) is 0 Å². The van der Waals surface area contributed by atoms with Gasteiger partial charge in [0.25, 0.3) is 0 Å². The molecule has 0 saturated heterocycles. The summed E-state index contributed by atoms with van der Waals surface area (Å²) in [7, 11) is 0. The highest BCUT2D eigenvalue weighted by Gasteiger charge is 2.18. The first-order valence-electron chi connectivity index (χ1n) is 8.60. The van der Waals surface area contributed by atoms with Crippen LogP contribution in [0.2, 0.25) is 5.02 Å². The van der Waals surface area contributed by atoms with E-state index in [1.807, 2.05) is 55.5 Å². The van der Waals surface area contributed by atoms with Crippen LogP contribution in [0, 0.1) is 6.92 Å². The molecule has 0 fully saturated rings. The second-order valence-corrected chi connectivity index (χ2v) is 7.45. The Morgan fingerprint density at radius 3 is 2.42 bits per heavy atom. The Labute approximate surface area is 163 Å². The van der Waals surface area contributed by atoms with Gasteiger partial charge < -0.3 is 9.30 Å². The zero-order chi connectivity index (χ0) is 18.5. The van der Waals surface area contributed by atoms with Crippen LogP contribution in [0.25, 0.3) is 0 Å². The van der Waals surface area contributed by atoms with E-state index in [0.717, 1.165) is 34.1 Å². The van der Waals surface area contributed by atoms with Gasteiger partial charge in [0.15, 0.2) is 17.1 Å². The van der Waals surface area contributed by atoms with Gasteiger partial charge in [-0.15, -0.1) is 10.2 Å². The largest absolute Gasteiger partial charge is 0.483 e. The second-order valence-electron chi connectivity index (χ2n) is 6.07. The summed E-state index contributed by atoms with van der Waals surface area (Å²) in [6.45, 7) is 6.96. The Morgan fingerprint density at radius 2 is 1.77 bits per heavy atom. The van der Waals surface area contributed by atoms with Crippen molar-refractivity contribution in [1.29, 1.82) is 0 Å². The number of thioether (sulfide) groups is 1. The Balaban J connectivity index is 1.70. The minimum Gasteiger partial charge on any atom is -0.483 e. The summed E-state index contributed by atoms with van der Waals surface area (Å²) in [4.78, 5) is 0. The van der Waals surface area contributed by atoms with Crippen molar-refractivity contribution in [1.82, 2.24) is 14.8 Å². The molecule has 2 aromatic carbocycles. The van der Waals surface area contributed by atoms with Gasteiger partial charge in [0, 0.05) is 17.3 Å². The van der Waals surface area contributed by atoms with Gasteiger partial charge in [0.05, 0.1) is 0 Å². The number of aromatic nitrogens is 3. The summed E-state index contributed by atoms with van der Waals surface area (Å²) in [5, 5.41) is 10.4. The topological polar surface area (TPSA) is 39.9 Å². The molecule has 0 bridgehead atoms. The smallest absolute Gasteiger partial charge is 0.191 e. The van der Waals surface area contributed by atoms with E-state index in [9.17, 15) is 0 Å². The summed E-state index contributed by atoms with van der Waals surface area (Å²) < 4.78 is 8.15. The van der Waals surface area contributed by atoms with Crippen LogP contribution in [-0.2, 0) is 12.3 Å². The van der Waals surface area contributed by atoms with E-state index in [2.05, 4.69) is 28.6 Å². The molecule has 1 atom stereocenters. The molecule has 6 heteroatoms. The van der Waals surface area contributed by atoms with E-state index in [1.165, 1.54) is 11.1 Å². The zero-order valence-electron chi connectivity index (χ0n) is 15.1. The molecule has 0 spiro atoms. The van der Waals surface area contributed by atoms with Crippen molar-refractivity contribution in [2.45, 2.75) is 44.3 Å². The van der Waals surface area contributed by atoms with Gasteiger partial charge in [0.1, 0.15) is 5.75 Å². The van der Waals surface area contributed by atoms with Crippen molar-refractivity contribution in [3.63, 3.8) is 0 Å². The molecule has 1 unspecified atom stereocenters. The average molecular weight is 388 g/mol. The molecule has 0 N–H and O–H groups in total. The molecule has 3 rings (SSSR count). The fourth-order valence-corrected chi connectivity index (χ4v) is 3.70. The summed E-state index contributed by atoms with van der Waals surface area (Å²) in [6, 6.07) is 15.9. The number of benzene rings is 2. The first kappa shape index (κ1) is 18.8. The molecule has 3 aromatic rings. The Hall–Kier alpha value is -1.98. The standard InChI is InChI=1S/C20H22ClN3OS/c1-4-24-19(15(3)25-18-11-5-14(2)6-12-18)22-23-20(24)26-13-16-7-9-17(21)10-8-16/h5-12,15H,4,13H2,1-3H3. The highest BCUT2D eigenvalue weighted by Crippen LogP contribution is 2.27. The van der Waals surface area contributed by atoms with Crippen molar-refractivity contribution in [3.8, 4) is 5.75 Å². The summed E-state index contributed by atoms with van der Waals surface area (Å²) in [5.41, 5.74) is 2.41. The van der Waals surface area contributed by atoms with Crippen LogP contribution in [0.3, 0.4) is 0 Å². The molecular weight excluding hydrogens is 366 g/mol. The quantitative estimate of drug-likeness (QED) is 0.488. The first-order chi connectivity index (χ1) is 12.6. The van der Waals surface area contributed by atoms with Crippen LogP contribution in [0.4, 0.5) is 0 Å². The lowest BCUT2D eigenvalue weighted by Gasteiger charge is -2.15. The number of aryl methyl sites for hydroxylation is 1. The van der Waals surface area contributed by atoms with Crippen LogP contribution in [0.15, 0.2) is 53.7 Å². The van der Waals surface area contributed by atoms with Crippen molar-refractivity contribution in [2.24, 2.45) is 0 Å². The maximum absolute atomic E-state index is 6.04. The lowest BCUT2D eigenvalue weighted by Crippen LogP contribution is -2.12. The predicted molar refractivity (Wildman–Crippen MR) is 107 cm³/mol. The fourth-order valence-electron chi connectivity index (χ4n) is 2.61. The maximum atomic E-state index is 6.04. The molecule has 0 aliphatic rings. The molecular formula is C20H22ClN3OS. The maximum Gasteiger partial charge on any atom is 0.191 e. The minimum atomic E-state index is -0.171. The van der Waals surface area contributed by atoms with E-state index < -0.39 is 0 Å². The summed E-state index contributed by atoms with van der Waals surface area (Å²) in [5.74, 6) is 2.50. The van der Waals surface area contributed by atoms with Gasteiger partial charge in [-0.3, -0.25) is 0 Å². The summed E-state index contributed by atoms with van der Waals surface area (Å²) in [6.07, 6.45) is -0.171. The molecule has 1 aromatic heterocycles. The third-order valence-corrected chi connectivity index (χ3v) is 5.33. The molecule has 0 aliphatic carbocycles. The van der Waals surface area contributed by atoms with E-state index >= 15 is 0 Å². The van der Waals surface area contributed by atoms with Crippen LogP contribution < -0.4 is 4.74 Å². The third kappa shape index (κ3) is 4.59. The second kappa shape index (κ2) is 8.60. The van der Waals surface area contributed by atoms with Crippen molar-refractivity contribution < 1.29 is 4.74 Å². The van der Waals surface area contributed by atoms with E-state index in [1.54, 1.807) is 11.8 Å². The lowest BCUT2D eigenvalue weighted by molar-refractivity contribution is 0.210. The normalized spacial score (nSPS) is 12.2. The number of hydrogen-bond donors (Lipinski definition) is 0. The van der Waals surface area contributed by atoms with Gasteiger partial charge in [-0.1, -0.05) is 53.2 Å². The van der Waals surface area contributed by atoms with Gasteiger partial charge >= 0.3 is 0 Å². The number of nitrogens with zero attached hydrogens (tertiary/aromatic N) is 3. The predicted octanol–water partition coefficient (Wildman–Crippen LogP) is 5.69. The highest BCUT2D eigenvalue weighted by molar-refractivity contribution is 7.98. The molecule has 0 radical (unpaired) electrons. The van der Waals surface area contributed by atoms with E-state index in [-0.39, 0.29) is 6.10 Å². The third-order valence-electron chi connectivity index (χ3n) is 4.04. The number of ether oxygens (including phenoxy) is 1. The van der Waals surface area contributed by atoms with Crippen LogP contribution >= 0.6 is 23.4 Å². The van der Waals surface area contributed by atoms with Gasteiger partial charge in [-0.05, 0) is 50.6 Å².